The van der Waals surface area contributed by atoms with E-state index in [1.54, 1.807) is 24.3 Å². The average molecular weight is 459 g/mol. The van der Waals surface area contributed by atoms with Crippen molar-refractivity contribution in [1.82, 2.24) is 0 Å². The van der Waals surface area contributed by atoms with Gasteiger partial charge in [-0.15, -0.1) is 0 Å². The van der Waals surface area contributed by atoms with Crippen LogP contribution in [0.25, 0.3) is 0 Å². The fourth-order valence-corrected chi connectivity index (χ4v) is 3.43. The van der Waals surface area contributed by atoms with Crippen LogP contribution in [-0.4, -0.2) is 15.5 Å². The largest absolute Gasteiger partial charge is 0.497 e. The van der Waals surface area contributed by atoms with Crippen LogP contribution in [0.5, 0.6) is 11.5 Å². The zero-order valence-corrected chi connectivity index (χ0v) is 16.6. The quantitative estimate of drug-likeness (QED) is 0.239. The topological polar surface area (TPSA) is 64.6 Å². The third kappa shape index (κ3) is 4.71. The number of ether oxygens (including phenoxy) is 1. The molecule has 0 aliphatic carbocycles. The summed E-state index contributed by atoms with van der Waals surface area (Å²) in [5.74, 6) is -13.1. The molecule has 0 unspecified atom stereocenters. The van der Waals surface area contributed by atoms with Gasteiger partial charge in [0.1, 0.15) is 10.6 Å². The number of halogens is 5. The molecule has 0 amide bonds. The van der Waals surface area contributed by atoms with Crippen molar-refractivity contribution in [2.24, 2.45) is 0 Å². The normalized spacial score (nSPS) is 11.3. The van der Waals surface area contributed by atoms with Crippen molar-refractivity contribution in [1.29, 1.82) is 0 Å². The Morgan fingerprint density at radius 1 is 0.774 bits per heavy atom. The molecule has 0 spiro atoms. The Morgan fingerprint density at radius 3 is 1.81 bits per heavy atom. The number of anilines is 1. The van der Waals surface area contributed by atoms with E-state index in [1.807, 2.05) is 0 Å². The Hall–Kier alpha value is -3.34. The number of hydrogen-bond donors (Lipinski definition) is 1. The second-order valence-corrected chi connectivity index (χ2v) is 7.71. The highest BCUT2D eigenvalue weighted by Gasteiger charge is 2.30. The highest BCUT2D eigenvalue weighted by molar-refractivity contribution is 7.87. The molecule has 0 bridgehead atoms. The van der Waals surface area contributed by atoms with Crippen LogP contribution < -0.4 is 14.2 Å². The number of hydrogen-bond acceptors (Lipinski definition) is 5. The van der Waals surface area contributed by atoms with Crippen LogP contribution in [0.15, 0.2) is 53.4 Å². The molecule has 3 rings (SSSR count). The minimum absolute atomic E-state index is 0.311. The number of benzene rings is 3. The summed E-state index contributed by atoms with van der Waals surface area (Å²) in [6, 6.07) is 12.0. The molecule has 0 heterocycles. The minimum atomic E-state index is -4.87. The summed E-state index contributed by atoms with van der Waals surface area (Å²) in [7, 11) is -3.33. The van der Waals surface area contributed by atoms with E-state index in [-0.39, 0.29) is 0 Å². The molecule has 0 aliphatic heterocycles. The van der Waals surface area contributed by atoms with Gasteiger partial charge in [-0.2, -0.15) is 17.2 Å². The van der Waals surface area contributed by atoms with E-state index in [2.05, 4.69) is 9.50 Å². The lowest BCUT2D eigenvalue weighted by molar-refractivity contribution is 0.346. The molecule has 11 heteroatoms. The van der Waals surface area contributed by atoms with Gasteiger partial charge < -0.3 is 14.2 Å². The maximum atomic E-state index is 13.7. The standard InChI is InChI=1S/C20H14F5NO4S/c1-29-13-6-4-12(5-7-13)26-10-11-2-8-14(9-3-11)31(27,28)30-20-18(24)16(22)15(21)17(23)19(20)25/h2-9,26H,10H2,1H3. The van der Waals surface area contributed by atoms with Crippen LogP contribution in [0.1, 0.15) is 5.56 Å². The van der Waals surface area contributed by atoms with E-state index in [0.29, 0.717) is 17.9 Å². The molecular formula is C20H14F5NO4S. The summed E-state index contributed by atoms with van der Waals surface area (Å²) in [6.45, 7) is 0.311. The summed E-state index contributed by atoms with van der Waals surface area (Å²) in [6.07, 6.45) is 0. The van der Waals surface area contributed by atoms with Gasteiger partial charge in [0.15, 0.2) is 0 Å². The van der Waals surface area contributed by atoms with E-state index in [0.717, 1.165) is 17.8 Å². The zero-order chi connectivity index (χ0) is 22.8. The van der Waals surface area contributed by atoms with Gasteiger partial charge in [0.25, 0.3) is 0 Å². The fourth-order valence-electron chi connectivity index (χ4n) is 2.50. The van der Waals surface area contributed by atoms with E-state index in [1.165, 1.54) is 19.2 Å². The summed E-state index contributed by atoms with van der Waals surface area (Å²) >= 11 is 0. The SMILES string of the molecule is COc1ccc(NCc2ccc(S(=O)(=O)Oc3c(F)c(F)c(F)c(F)c3F)cc2)cc1. The summed E-state index contributed by atoms with van der Waals surface area (Å²) in [5, 5.41) is 3.09. The Morgan fingerprint density at radius 2 is 1.29 bits per heavy atom. The molecule has 3 aromatic carbocycles. The molecular weight excluding hydrogens is 445 g/mol. The van der Waals surface area contributed by atoms with Gasteiger partial charge in [0.05, 0.1) is 7.11 Å². The maximum absolute atomic E-state index is 13.7. The molecule has 0 radical (unpaired) electrons. The van der Waals surface area contributed by atoms with E-state index >= 15 is 0 Å². The predicted octanol–water partition coefficient (Wildman–Crippen LogP) is 4.77. The number of methoxy groups -OCH3 is 1. The summed E-state index contributed by atoms with van der Waals surface area (Å²) in [4.78, 5) is -0.537. The first-order valence-corrected chi connectivity index (χ1v) is 9.97. The van der Waals surface area contributed by atoms with Gasteiger partial charge in [0.2, 0.25) is 34.8 Å². The molecule has 31 heavy (non-hydrogen) atoms. The smallest absolute Gasteiger partial charge is 0.339 e. The van der Waals surface area contributed by atoms with E-state index in [4.69, 9.17) is 4.74 Å². The van der Waals surface area contributed by atoms with Crippen molar-refractivity contribution >= 4 is 15.8 Å². The zero-order valence-electron chi connectivity index (χ0n) is 15.8. The molecule has 0 atom stereocenters. The third-order valence-electron chi connectivity index (χ3n) is 4.16. The Kier molecular flexibility index (Phi) is 6.34. The molecule has 1 N–H and O–H groups in total. The maximum Gasteiger partial charge on any atom is 0.339 e. The van der Waals surface area contributed by atoms with Gasteiger partial charge in [-0.1, -0.05) is 12.1 Å². The van der Waals surface area contributed by atoms with Crippen molar-refractivity contribution in [2.75, 3.05) is 12.4 Å². The third-order valence-corrected chi connectivity index (χ3v) is 5.40. The average Bonchev–Trinajstić information content (AvgIpc) is 2.78. The first-order chi connectivity index (χ1) is 14.6. The highest BCUT2D eigenvalue weighted by atomic mass is 32.2. The van der Waals surface area contributed by atoms with Crippen LogP contribution in [0, 0.1) is 29.1 Å². The van der Waals surface area contributed by atoms with E-state index in [9.17, 15) is 30.4 Å². The molecule has 0 saturated carbocycles. The van der Waals surface area contributed by atoms with Gasteiger partial charge in [-0.3, -0.25) is 0 Å². The lowest BCUT2D eigenvalue weighted by Gasteiger charge is -2.11. The lowest BCUT2D eigenvalue weighted by atomic mass is 10.2. The summed E-state index contributed by atoms with van der Waals surface area (Å²) in [5.41, 5.74) is 1.41. The first-order valence-electron chi connectivity index (χ1n) is 8.57. The van der Waals surface area contributed by atoms with Crippen LogP contribution in [-0.2, 0) is 16.7 Å². The fraction of sp³-hybridized carbons (Fsp3) is 0.100. The lowest BCUT2D eigenvalue weighted by Crippen LogP contribution is -2.14. The van der Waals surface area contributed by atoms with Crippen LogP contribution in [0.2, 0.25) is 0 Å². The molecule has 0 aromatic heterocycles. The number of nitrogens with one attached hydrogen (secondary N) is 1. The first kappa shape index (κ1) is 22.3. The van der Waals surface area contributed by atoms with Crippen LogP contribution >= 0.6 is 0 Å². The number of rotatable bonds is 7. The van der Waals surface area contributed by atoms with Crippen LogP contribution in [0.4, 0.5) is 27.6 Å². The van der Waals surface area contributed by atoms with Gasteiger partial charge in [-0.05, 0) is 42.0 Å². The van der Waals surface area contributed by atoms with Gasteiger partial charge in [-0.25, -0.2) is 13.2 Å². The Labute approximate surface area is 174 Å². The van der Waals surface area contributed by atoms with Crippen LogP contribution in [0.3, 0.4) is 0 Å². The Bertz CT molecular complexity index is 1170. The predicted molar refractivity (Wildman–Crippen MR) is 101 cm³/mol. The molecule has 5 nitrogen and oxygen atoms in total. The Balaban J connectivity index is 1.75. The molecule has 0 fully saturated rings. The highest BCUT2D eigenvalue weighted by Crippen LogP contribution is 2.31. The minimum Gasteiger partial charge on any atom is -0.497 e. The van der Waals surface area contributed by atoms with Gasteiger partial charge in [0, 0.05) is 12.2 Å². The summed E-state index contributed by atoms with van der Waals surface area (Å²) < 4.78 is 101. The van der Waals surface area contributed by atoms with Crippen molar-refractivity contribution in [3.63, 3.8) is 0 Å². The monoisotopic (exact) mass is 459 g/mol. The van der Waals surface area contributed by atoms with Crippen molar-refractivity contribution in [3.05, 3.63) is 83.2 Å². The van der Waals surface area contributed by atoms with Gasteiger partial charge >= 0.3 is 10.1 Å². The second kappa shape index (κ2) is 8.80. The molecule has 3 aromatic rings. The van der Waals surface area contributed by atoms with Crippen molar-refractivity contribution in [3.8, 4) is 11.5 Å². The van der Waals surface area contributed by atoms with Crippen molar-refractivity contribution in [2.45, 2.75) is 11.4 Å². The molecule has 164 valence electrons. The molecule has 0 saturated heterocycles. The van der Waals surface area contributed by atoms with E-state index < -0.39 is 49.8 Å². The second-order valence-electron chi connectivity index (χ2n) is 6.16. The molecule has 0 aliphatic rings. The van der Waals surface area contributed by atoms with Crippen molar-refractivity contribution < 1.29 is 39.3 Å².